The Morgan fingerprint density at radius 1 is 0.339 bits per heavy atom. The third-order valence-electron chi connectivity index (χ3n) is 9.84. The molecule has 4 aromatic heterocycles. The first-order valence-electron chi connectivity index (χ1n) is 17.6. The van der Waals surface area contributed by atoms with Crippen LogP contribution in [0.4, 0.5) is 0 Å². The topological polar surface area (TPSA) is 172 Å². The van der Waals surface area contributed by atoms with E-state index in [4.69, 9.17) is 0 Å². The maximum Gasteiger partial charge on any atom is 0.298 e. The van der Waals surface area contributed by atoms with E-state index in [-0.39, 0.29) is 22.1 Å². The van der Waals surface area contributed by atoms with Crippen molar-refractivity contribution in [1.82, 2.24) is 19.9 Å². The van der Waals surface area contributed by atoms with Crippen molar-refractivity contribution in [3.8, 4) is 22.3 Å². The molecule has 0 spiro atoms. The number of H-pyrrole nitrogens is 4. The Kier molecular flexibility index (Phi) is 8.48. The lowest BCUT2D eigenvalue weighted by atomic mass is 9.93. The Bertz CT molecular complexity index is 3270. The average Bonchev–Trinajstić information content (AvgIpc) is 4.02. The van der Waals surface area contributed by atoms with Gasteiger partial charge in [-0.2, -0.15) is 16.8 Å². The minimum Gasteiger partial charge on any atom is -0.354 e. The summed E-state index contributed by atoms with van der Waals surface area (Å²) in [6, 6.07) is 48.0. The number of nitrogens with one attached hydrogen (secondary N) is 4. The Morgan fingerprint density at radius 2 is 0.732 bits per heavy atom. The molecule has 4 aromatic carbocycles. The zero-order chi connectivity index (χ0) is 38.6. The van der Waals surface area contributed by atoms with Crippen LogP contribution in [-0.2, 0) is 20.2 Å². The summed E-state index contributed by atoms with van der Waals surface area (Å²) >= 11 is 0. The molecule has 1 aliphatic rings. The highest BCUT2D eigenvalue weighted by atomic mass is 32.2. The van der Waals surface area contributed by atoms with Crippen LogP contribution in [0.2, 0.25) is 0 Å². The van der Waals surface area contributed by atoms with Gasteiger partial charge in [-0.1, -0.05) is 121 Å². The summed E-state index contributed by atoms with van der Waals surface area (Å²) in [5, 5.41) is 1.20. The highest BCUT2D eigenvalue weighted by Gasteiger charge is 2.29. The quantitative estimate of drug-likeness (QED) is 0.126. The highest BCUT2D eigenvalue weighted by Crippen LogP contribution is 2.32. The largest absolute Gasteiger partial charge is 0.354 e. The highest BCUT2D eigenvalue weighted by molar-refractivity contribution is 7.95. The van der Waals surface area contributed by atoms with Crippen LogP contribution < -0.4 is 21.4 Å². The molecule has 10 nitrogen and oxygen atoms in total. The van der Waals surface area contributed by atoms with Crippen molar-refractivity contribution >= 4 is 41.2 Å². The molecule has 0 fully saturated rings. The van der Waals surface area contributed by atoms with Gasteiger partial charge in [-0.25, -0.2) is 0 Å². The van der Waals surface area contributed by atoms with Crippen LogP contribution in [0.3, 0.4) is 0 Å². The molecule has 6 N–H and O–H groups in total. The molecule has 12 heteroatoms. The predicted molar refractivity (Wildman–Crippen MR) is 217 cm³/mol. The van der Waals surface area contributed by atoms with Crippen LogP contribution in [-0.4, -0.2) is 45.9 Å². The maximum absolute atomic E-state index is 13.8. The fourth-order valence-corrected chi connectivity index (χ4v) is 9.19. The van der Waals surface area contributed by atoms with Gasteiger partial charge in [0, 0.05) is 39.0 Å². The summed E-state index contributed by atoms with van der Waals surface area (Å²) in [5.74, 6) is 0. The zero-order valence-electron chi connectivity index (χ0n) is 29.4. The molecule has 56 heavy (non-hydrogen) atoms. The van der Waals surface area contributed by atoms with Gasteiger partial charge < -0.3 is 19.9 Å². The summed E-state index contributed by atoms with van der Waals surface area (Å²) in [4.78, 5) is 12.2. The van der Waals surface area contributed by atoms with Crippen LogP contribution in [0.15, 0.2) is 158 Å². The number of aromatic amines is 4. The molecular formula is C44H32N4O6S2. The minimum absolute atomic E-state index is 0.0478. The third kappa shape index (κ3) is 6.16. The first-order valence-corrected chi connectivity index (χ1v) is 20.4. The lowest BCUT2D eigenvalue weighted by Crippen LogP contribution is -2.22. The summed E-state index contributed by atoms with van der Waals surface area (Å²) in [6.45, 7) is 0. The summed E-state index contributed by atoms with van der Waals surface area (Å²) in [5.41, 5.74) is 6.79. The second-order valence-corrected chi connectivity index (χ2v) is 16.0. The minimum atomic E-state index is -5.06. The van der Waals surface area contributed by atoms with Crippen molar-refractivity contribution in [2.75, 3.05) is 0 Å². The monoisotopic (exact) mass is 776 g/mol. The number of benzene rings is 4. The molecule has 0 amide bonds. The molecule has 0 atom stereocenters. The average molecular weight is 777 g/mol. The van der Waals surface area contributed by atoms with Crippen molar-refractivity contribution < 1.29 is 25.9 Å². The van der Waals surface area contributed by atoms with Crippen molar-refractivity contribution in [2.24, 2.45) is 0 Å². The summed E-state index contributed by atoms with van der Waals surface area (Å²) < 4.78 is 75.6. The van der Waals surface area contributed by atoms with Gasteiger partial charge in [-0.15, -0.1) is 0 Å². The molecule has 0 aliphatic carbocycles. The van der Waals surface area contributed by atoms with Gasteiger partial charge in [-0.05, 0) is 58.7 Å². The van der Waals surface area contributed by atoms with E-state index in [9.17, 15) is 25.9 Å². The van der Waals surface area contributed by atoms with E-state index in [1.165, 1.54) is 18.2 Å². The lowest BCUT2D eigenvalue weighted by Gasteiger charge is -2.11. The summed E-state index contributed by atoms with van der Waals surface area (Å²) in [7, 11) is -9.99. The van der Waals surface area contributed by atoms with Crippen LogP contribution >= 0.6 is 0 Å². The smallest absolute Gasteiger partial charge is 0.298 e. The molecule has 1 aliphatic heterocycles. The van der Waals surface area contributed by atoms with Gasteiger partial charge in [0.15, 0.2) is 0 Å². The van der Waals surface area contributed by atoms with E-state index in [0.717, 1.165) is 27.8 Å². The molecule has 0 saturated heterocycles. The van der Waals surface area contributed by atoms with E-state index in [1.807, 2.05) is 133 Å². The fourth-order valence-electron chi connectivity index (χ4n) is 7.59. The van der Waals surface area contributed by atoms with Crippen molar-refractivity contribution in [3.63, 3.8) is 0 Å². The SMILES string of the molecule is O=S(=O)(O)C1=c2ccc([nH]2)=C(c2ccccc2)c2ccc([nH]2)C(c2ccccc2)=c2[nH]c(c(-c3ccccc3)c2-c2ccccc2)=C(S(=O)(=O)O)c2ccc1[nH]2. The Morgan fingerprint density at radius 3 is 1.25 bits per heavy atom. The van der Waals surface area contributed by atoms with E-state index < -0.39 is 30.0 Å². The number of hydrogen-bond donors (Lipinski definition) is 6. The molecule has 276 valence electrons. The molecule has 0 unspecified atom stereocenters. The normalized spacial score (nSPS) is 13.3. The van der Waals surface area contributed by atoms with Gasteiger partial charge in [-0.3, -0.25) is 9.11 Å². The van der Waals surface area contributed by atoms with Crippen molar-refractivity contribution in [3.05, 3.63) is 213 Å². The van der Waals surface area contributed by atoms with Gasteiger partial charge in [0.1, 0.15) is 9.81 Å². The Hall–Kier alpha value is -6.70. The first kappa shape index (κ1) is 35.0. The maximum atomic E-state index is 13.8. The Balaban J connectivity index is 1.58. The molecule has 8 bridgehead atoms. The van der Waals surface area contributed by atoms with Gasteiger partial charge >= 0.3 is 0 Å². The Labute approximate surface area is 321 Å². The van der Waals surface area contributed by atoms with Gasteiger partial charge in [0.2, 0.25) is 0 Å². The predicted octanol–water partition coefficient (Wildman–Crippen LogP) is 5.23. The molecule has 8 aromatic rings. The van der Waals surface area contributed by atoms with Crippen LogP contribution in [0.1, 0.15) is 33.9 Å². The number of fused-ring (bicyclic) bond motifs is 8. The second-order valence-electron chi connectivity index (χ2n) is 13.3. The standard InChI is InChI=1S/C44H32N4O6S2/c49-55(50,51)43-34-24-23-32(46-34)37(27-13-5-1-6-14-27)31-21-22-33(45-31)38(28-15-7-2-8-16-28)41-39(29-17-9-3-10-18-29)40(30-19-11-4-12-20-30)42(48-41)44(56(52,53)54)36-26-25-35(43)47-36/h1-26,45-48H,(H,49,50,51)(H,52,53,54). The molecule has 0 saturated carbocycles. The van der Waals surface area contributed by atoms with Crippen LogP contribution in [0.5, 0.6) is 0 Å². The number of aromatic nitrogens is 4. The fraction of sp³-hybridized carbons (Fsp3) is 0. The molecular weight excluding hydrogens is 745 g/mol. The van der Waals surface area contributed by atoms with Crippen molar-refractivity contribution in [2.45, 2.75) is 0 Å². The van der Waals surface area contributed by atoms with Crippen LogP contribution in [0, 0.1) is 0 Å². The van der Waals surface area contributed by atoms with E-state index in [0.29, 0.717) is 38.8 Å². The number of hydrogen-bond acceptors (Lipinski definition) is 4. The van der Waals surface area contributed by atoms with E-state index >= 15 is 0 Å². The van der Waals surface area contributed by atoms with E-state index in [1.54, 1.807) is 6.07 Å². The van der Waals surface area contributed by atoms with E-state index in [2.05, 4.69) is 19.9 Å². The number of rotatable bonds is 6. The molecule has 9 rings (SSSR count). The van der Waals surface area contributed by atoms with Gasteiger partial charge in [0.25, 0.3) is 20.2 Å². The summed E-state index contributed by atoms with van der Waals surface area (Å²) in [6.07, 6.45) is 0. The van der Waals surface area contributed by atoms with Gasteiger partial charge in [0.05, 0.1) is 27.4 Å². The second kappa shape index (κ2) is 13.6. The van der Waals surface area contributed by atoms with Crippen molar-refractivity contribution in [1.29, 1.82) is 0 Å². The molecule has 5 heterocycles. The zero-order valence-corrected chi connectivity index (χ0v) is 31.0. The lowest BCUT2D eigenvalue weighted by molar-refractivity contribution is 0.494. The molecule has 0 radical (unpaired) electrons. The third-order valence-corrected chi connectivity index (χ3v) is 11.7. The van der Waals surface area contributed by atoms with Crippen LogP contribution in [0.25, 0.3) is 43.2 Å². The first-order chi connectivity index (χ1) is 27.1.